The van der Waals surface area contributed by atoms with Crippen LogP contribution in [0.15, 0.2) is 42.7 Å². The summed E-state index contributed by atoms with van der Waals surface area (Å²) in [5.41, 5.74) is 3.01. The highest BCUT2D eigenvalue weighted by molar-refractivity contribution is 5.66. The van der Waals surface area contributed by atoms with E-state index in [1.807, 2.05) is 18.2 Å². The van der Waals surface area contributed by atoms with Crippen LogP contribution in [0, 0.1) is 5.82 Å². The van der Waals surface area contributed by atoms with Gasteiger partial charge in [-0.1, -0.05) is 13.0 Å². The second-order valence-electron chi connectivity index (χ2n) is 3.82. The molecular formula is C14H15FN2. The Morgan fingerprint density at radius 1 is 1.18 bits per heavy atom. The maximum absolute atomic E-state index is 13.3. The van der Waals surface area contributed by atoms with E-state index in [1.165, 1.54) is 6.07 Å². The Balaban J connectivity index is 2.40. The number of pyridine rings is 1. The smallest absolute Gasteiger partial charge is 0.123 e. The molecule has 1 heterocycles. The first-order chi connectivity index (χ1) is 8.31. The molecule has 17 heavy (non-hydrogen) atoms. The molecule has 3 heteroatoms. The summed E-state index contributed by atoms with van der Waals surface area (Å²) in [4.78, 5) is 3.98. The Bertz CT molecular complexity index is 483. The molecule has 0 fully saturated rings. The van der Waals surface area contributed by atoms with Crippen molar-refractivity contribution in [2.75, 3.05) is 6.54 Å². The highest BCUT2D eigenvalue weighted by Crippen LogP contribution is 2.24. The van der Waals surface area contributed by atoms with E-state index >= 15 is 0 Å². The minimum Gasteiger partial charge on any atom is -0.313 e. The number of rotatable bonds is 4. The largest absolute Gasteiger partial charge is 0.313 e. The van der Waals surface area contributed by atoms with Crippen molar-refractivity contribution < 1.29 is 4.39 Å². The molecule has 0 atom stereocenters. The molecule has 2 rings (SSSR count). The Morgan fingerprint density at radius 2 is 1.94 bits per heavy atom. The Morgan fingerprint density at radius 3 is 2.65 bits per heavy atom. The summed E-state index contributed by atoms with van der Waals surface area (Å²) in [6, 6.07) is 8.68. The van der Waals surface area contributed by atoms with Crippen molar-refractivity contribution in [3.63, 3.8) is 0 Å². The Hall–Kier alpha value is -1.74. The predicted molar refractivity (Wildman–Crippen MR) is 67.0 cm³/mol. The van der Waals surface area contributed by atoms with Crippen LogP contribution in [0.2, 0.25) is 0 Å². The van der Waals surface area contributed by atoms with Crippen LogP contribution in [0.4, 0.5) is 4.39 Å². The molecule has 0 bridgehead atoms. The zero-order valence-electron chi connectivity index (χ0n) is 9.78. The van der Waals surface area contributed by atoms with Crippen molar-refractivity contribution in [3.05, 3.63) is 54.1 Å². The summed E-state index contributed by atoms with van der Waals surface area (Å²) in [5, 5.41) is 3.26. The van der Waals surface area contributed by atoms with Gasteiger partial charge in [0.15, 0.2) is 0 Å². The van der Waals surface area contributed by atoms with Crippen molar-refractivity contribution in [2.24, 2.45) is 0 Å². The first kappa shape index (κ1) is 11.7. The van der Waals surface area contributed by atoms with Gasteiger partial charge >= 0.3 is 0 Å². The van der Waals surface area contributed by atoms with Crippen molar-refractivity contribution in [1.82, 2.24) is 10.3 Å². The monoisotopic (exact) mass is 230 g/mol. The lowest BCUT2D eigenvalue weighted by molar-refractivity contribution is 0.626. The van der Waals surface area contributed by atoms with Gasteiger partial charge in [-0.05, 0) is 47.5 Å². The Kier molecular flexibility index (Phi) is 3.83. The molecule has 0 spiro atoms. The van der Waals surface area contributed by atoms with Gasteiger partial charge < -0.3 is 5.32 Å². The highest BCUT2D eigenvalue weighted by atomic mass is 19.1. The van der Waals surface area contributed by atoms with Crippen LogP contribution in [0.3, 0.4) is 0 Å². The molecule has 2 nitrogen and oxygen atoms in total. The lowest BCUT2D eigenvalue weighted by Crippen LogP contribution is -2.12. The number of aromatic nitrogens is 1. The van der Waals surface area contributed by atoms with Gasteiger partial charge in [0.2, 0.25) is 0 Å². The van der Waals surface area contributed by atoms with Gasteiger partial charge in [-0.25, -0.2) is 4.39 Å². The second-order valence-corrected chi connectivity index (χ2v) is 3.82. The lowest BCUT2D eigenvalue weighted by Gasteiger charge is -2.10. The van der Waals surface area contributed by atoms with Crippen LogP contribution in [-0.2, 0) is 6.54 Å². The second kappa shape index (κ2) is 5.55. The van der Waals surface area contributed by atoms with E-state index in [4.69, 9.17) is 0 Å². The molecule has 0 aliphatic rings. The van der Waals surface area contributed by atoms with Crippen LogP contribution < -0.4 is 5.32 Å². The van der Waals surface area contributed by atoms with E-state index in [-0.39, 0.29) is 5.82 Å². The number of hydrogen-bond donors (Lipinski definition) is 1. The third-order valence-electron chi connectivity index (χ3n) is 2.63. The van der Waals surface area contributed by atoms with Crippen molar-refractivity contribution in [2.45, 2.75) is 13.5 Å². The fourth-order valence-electron chi connectivity index (χ4n) is 1.76. The van der Waals surface area contributed by atoms with Crippen LogP contribution >= 0.6 is 0 Å². The molecule has 0 unspecified atom stereocenters. The van der Waals surface area contributed by atoms with Crippen molar-refractivity contribution in [1.29, 1.82) is 0 Å². The molecular weight excluding hydrogens is 215 g/mol. The quantitative estimate of drug-likeness (QED) is 0.873. The van der Waals surface area contributed by atoms with Crippen LogP contribution in [0.1, 0.15) is 12.5 Å². The van der Waals surface area contributed by atoms with Gasteiger partial charge in [-0.2, -0.15) is 0 Å². The van der Waals surface area contributed by atoms with E-state index in [2.05, 4.69) is 17.2 Å². The molecule has 0 saturated heterocycles. The molecule has 0 aliphatic carbocycles. The minimum absolute atomic E-state index is 0.211. The molecule has 1 N–H and O–H groups in total. The lowest BCUT2D eigenvalue weighted by atomic mass is 10.0. The predicted octanol–water partition coefficient (Wildman–Crippen LogP) is 3.00. The normalized spacial score (nSPS) is 10.5. The number of hydrogen-bond acceptors (Lipinski definition) is 2. The SMILES string of the molecule is CCNCc1ccc(F)cc1-c1ccncc1. The molecule has 2 aromatic rings. The van der Waals surface area contributed by atoms with Gasteiger partial charge in [0, 0.05) is 18.9 Å². The first-order valence-corrected chi connectivity index (χ1v) is 5.71. The molecule has 1 aromatic carbocycles. The van der Waals surface area contributed by atoms with E-state index in [1.54, 1.807) is 18.5 Å². The number of benzene rings is 1. The van der Waals surface area contributed by atoms with Crippen molar-refractivity contribution in [3.8, 4) is 11.1 Å². The first-order valence-electron chi connectivity index (χ1n) is 5.71. The standard InChI is InChI=1S/C14H15FN2/c1-2-16-10-12-3-4-13(15)9-14(12)11-5-7-17-8-6-11/h3-9,16H,2,10H2,1H3. The van der Waals surface area contributed by atoms with Crippen LogP contribution in [0.25, 0.3) is 11.1 Å². The number of halogens is 1. The van der Waals surface area contributed by atoms with Crippen molar-refractivity contribution >= 4 is 0 Å². The van der Waals surface area contributed by atoms with E-state index < -0.39 is 0 Å². The fraction of sp³-hybridized carbons (Fsp3) is 0.214. The molecule has 0 saturated carbocycles. The molecule has 0 aliphatic heterocycles. The maximum atomic E-state index is 13.3. The molecule has 0 radical (unpaired) electrons. The van der Waals surface area contributed by atoms with Gasteiger partial charge in [-0.3, -0.25) is 4.98 Å². The third-order valence-corrected chi connectivity index (χ3v) is 2.63. The van der Waals surface area contributed by atoms with Gasteiger partial charge in [0.25, 0.3) is 0 Å². The van der Waals surface area contributed by atoms with E-state index in [0.717, 1.165) is 29.8 Å². The van der Waals surface area contributed by atoms with E-state index in [9.17, 15) is 4.39 Å². The molecule has 0 amide bonds. The maximum Gasteiger partial charge on any atom is 0.123 e. The van der Waals surface area contributed by atoms with E-state index in [0.29, 0.717) is 0 Å². The molecule has 1 aromatic heterocycles. The minimum atomic E-state index is -0.211. The number of nitrogens with zero attached hydrogens (tertiary/aromatic N) is 1. The third kappa shape index (κ3) is 2.88. The summed E-state index contributed by atoms with van der Waals surface area (Å²) >= 11 is 0. The zero-order chi connectivity index (χ0) is 12.1. The summed E-state index contributed by atoms with van der Waals surface area (Å²) in [5.74, 6) is -0.211. The van der Waals surface area contributed by atoms with Gasteiger partial charge in [0.1, 0.15) is 5.82 Å². The summed E-state index contributed by atoms with van der Waals surface area (Å²) < 4.78 is 13.3. The summed E-state index contributed by atoms with van der Waals surface area (Å²) in [6.45, 7) is 3.69. The number of nitrogens with one attached hydrogen (secondary N) is 1. The fourth-order valence-corrected chi connectivity index (χ4v) is 1.76. The average molecular weight is 230 g/mol. The summed E-state index contributed by atoms with van der Waals surface area (Å²) in [6.07, 6.45) is 3.44. The van der Waals surface area contributed by atoms with Gasteiger partial charge in [-0.15, -0.1) is 0 Å². The molecule has 88 valence electrons. The van der Waals surface area contributed by atoms with Crippen LogP contribution in [-0.4, -0.2) is 11.5 Å². The topological polar surface area (TPSA) is 24.9 Å². The zero-order valence-corrected chi connectivity index (χ0v) is 9.78. The van der Waals surface area contributed by atoms with Crippen LogP contribution in [0.5, 0.6) is 0 Å². The summed E-state index contributed by atoms with van der Waals surface area (Å²) in [7, 11) is 0. The Labute approximate surface area is 101 Å². The average Bonchev–Trinajstić information content (AvgIpc) is 2.38. The highest BCUT2D eigenvalue weighted by Gasteiger charge is 2.06. The van der Waals surface area contributed by atoms with Gasteiger partial charge in [0.05, 0.1) is 0 Å².